The maximum atomic E-state index is 12.4. The Labute approximate surface area is 112 Å². The van der Waals surface area contributed by atoms with Gasteiger partial charge in [0.15, 0.2) is 0 Å². The van der Waals surface area contributed by atoms with Gasteiger partial charge < -0.3 is 15.2 Å². The van der Waals surface area contributed by atoms with E-state index >= 15 is 0 Å². The first-order chi connectivity index (χ1) is 8.65. The molecule has 0 atom stereocenters. The molecule has 2 aliphatic heterocycles. The van der Waals surface area contributed by atoms with E-state index in [2.05, 4.69) is 5.43 Å². The Morgan fingerprint density at radius 1 is 1.17 bits per heavy atom. The number of carbonyl (C=O) groups is 1. The average Bonchev–Trinajstić information content (AvgIpc) is 2.40. The largest absolute Gasteiger partial charge is 0.392 e. The van der Waals surface area contributed by atoms with Crippen LogP contribution in [0.15, 0.2) is 0 Å². The summed E-state index contributed by atoms with van der Waals surface area (Å²) in [6.07, 6.45) is 1.11. The van der Waals surface area contributed by atoms with Crippen molar-refractivity contribution >= 4 is 23.1 Å². The number of nitrogens with two attached hydrogens (primary N) is 1. The number of hydrogen-bond acceptors (Lipinski definition) is 5. The number of morpholine rings is 1. The van der Waals surface area contributed by atoms with Gasteiger partial charge >= 0.3 is 0 Å². The number of nitrogens with one attached hydrogen (secondary N) is 1. The number of hydrazine groups is 1. The summed E-state index contributed by atoms with van der Waals surface area (Å²) in [5, 5.41) is 1.86. The lowest BCUT2D eigenvalue weighted by Gasteiger charge is -2.37. The molecule has 18 heavy (non-hydrogen) atoms. The first-order valence-corrected chi connectivity index (χ1v) is 6.57. The van der Waals surface area contributed by atoms with E-state index in [4.69, 9.17) is 27.4 Å². The SMILES string of the molecule is NC(=S)C1(C(=O)NN2CCOCC2)CCOCC1. The fourth-order valence-corrected chi connectivity index (χ4v) is 2.53. The Morgan fingerprint density at radius 2 is 1.72 bits per heavy atom. The third kappa shape index (κ3) is 2.80. The summed E-state index contributed by atoms with van der Waals surface area (Å²) >= 11 is 5.09. The number of hydrogen-bond donors (Lipinski definition) is 2. The zero-order valence-corrected chi connectivity index (χ0v) is 11.1. The van der Waals surface area contributed by atoms with Crippen molar-refractivity contribution in [1.29, 1.82) is 0 Å². The van der Waals surface area contributed by atoms with E-state index in [1.165, 1.54) is 0 Å². The highest BCUT2D eigenvalue weighted by molar-refractivity contribution is 7.80. The van der Waals surface area contributed by atoms with Crippen LogP contribution in [0.5, 0.6) is 0 Å². The summed E-state index contributed by atoms with van der Waals surface area (Å²) in [7, 11) is 0. The van der Waals surface area contributed by atoms with Crippen LogP contribution in [-0.2, 0) is 14.3 Å². The molecule has 0 radical (unpaired) electrons. The van der Waals surface area contributed by atoms with Crippen LogP contribution < -0.4 is 11.2 Å². The third-order valence-electron chi connectivity index (χ3n) is 3.52. The van der Waals surface area contributed by atoms with Crippen LogP contribution in [0.2, 0.25) is 0 Å². The fraction of sp³-hybridized carbons (Fsp3) is 0.818. The number of amides is 1. The topological polar surface area (TPSA) is 76.8 Å². The molecule has 2 fully saturated rings. The second-order valence-electron chi connectivity index (χ2n) is 4.60. The molecule has 0 aromatic heterocycles. The normalized spacial score (nSPS) is 24.4. The minimum absolute atomic E-state index is 0.111. The van der Waals surface area contributed by atoms with E-state index in [0.717, 1.165) is 0 Å². The van der Waals surface area contributed by atoms with Gasteiger partial charge in [0, 0.05) is 26.3 Å². The van der Waals surface area contributed by atoms with E-state index < -0.39 is 5.41 Å². The Kier molecular flexibility index (Phi) is 4.50. The predicted octanol–water partition coefficient (Wildman–Crippen LogP) is -0.567. The molecule has 3 N–H and O–H groups in total. The van der Waals surface area contributed by atoms with Crippen LogP contribution in [0.4, 0.5) is 0 Å². The third-order valence-corrected chi connectivity index (χ3v) is 3.91. The van der Waals surface area contributed by atoms with E-state index in [1.54, 1.807) is 0 Å². The molecule has 2 aliphatic rings. The van der Waals surface area contributed by atoms with Gasteiger partial charge in [0.1, 0.15) is 5.41 Å². The van der Waals surface area contributed by atoms with Crippen LogP contribution in [0.1, 0.15) is 12.8 Å². The van der Waals surface area contributed by atoms with Gasteiger partial charge in [-0.25, -0.2) is 5.01 Å². The van der Waals surface area contributed by atoms with Crippen LogP contribution in [0, 0.1) is 5.41 Å². The molecule has 0 unspecified atom stereocenters. The van der Waals surface area contributed by atoms with Crippen molar-refractivity contribution in [2.45, 2.75) is 12.8 Å². The monoisotopic (exact) mass is 273 g/mol. The van der Waals surface area contributed by atoms with Crippen molar-refractivity contribution in [3.63, 3.8) is 0 Å². The van der Waals surface area contributed by atoms with Gasteiger partial charge in [-0.1, -0.05) is 12.2 Å². The smallest absolute Gasteiger partial charge is 0.247 e. The number of ether oxygens (including phenoxy) is 2. The molecule has 0 aromatic rings. The average molecular weight is 273 g/mol. The summed E-state index contributed by atoms with van der Waals surface area (Å²) in [6, 6.07) is 0. The van der Waals surface area contributed by atoms with Crippen LogP contribution in [0.25, 0.3) is 0 Å². The lowest BCUT2D eigenvalue weighted by molar-refractivity contribution is -0.138. The van der Waals surface area contributed by atoms with Gasteiger partial charge in [-0.05, 0) is 12.8 Å². The molecule has 0 saturated carbocycles. The molecule has 102 valence electrons. The summed E-state index contributed by atoms with van der Waals surface area (Å²) in [5.41, 5.74) is 7.92. The molecule has 0 spiro atoms. The summed E-state index contributed by atoms with van der Waals surface area (Å²) in [4.78, 5) is 12.7. The molecule has 7 heteroatoms. The first kappa shape index (κ1) is 13.7. The second kappa shape index (κ2) is 5.92. The maximum Gasteiger partial charge on any atom is 0.247 e. The summed E-state index contributed by atoms with van der Waals surface area (Å²) < 4.78 is 10.5. The quantitative estimate of drug-likeness (QED) is 0.671. The molecular formula is C11H19N3O3S. The van der Waals surface area contributed by atoms with Gasteiger partial charge in [0.05, 0.1) is 18.2 Å². The van der Waals surface area contributed by atoms with Gasteiger partial charge in [0.2, 0.25) is 5.91 Å². The molecule has 0 aromatic carbocycles. The molecule has 6 nitrogen and oxygen atoms in total. The van der Waals surface area contributed by atoms with Gasteiger partial charge in [-0.2, -0.15) is 0 Å². The highest BCUT2D eigenvalue weighted by atomic mass is 32.1. The van der Waals surface area contributed by atoms with Crippen molar-refractivity contribution in [3.8, 4) is 0 Å². The Morgan fingerprint density at radius 3 is 2.28 bits per heavy atom. The van der Waals surface area contributed by atoms with E-state index in [-0.39, 0.29) is 10.9 Å². The number of carbonyl (C=O) groups excluding carboxylic acids is 1. The van der Waals surface area contributed by atoms with E-state index in [9.17, 15) is 4.79 Å². The minimum Gasteiger partial charge on any atom is -0.392 e. The first-order valence-electron chi connectivity index (χ1n) is 6.16. The van der Waals surface area contributed by atoms with Crippen molar-refractivity contribution in [3.05, 3.63) is 0 Å². The summed E-state index contributed by atoms with van der Waals surface area (Å²) in [5.74, 6) is -0.111. The Hall–Kier alpha value is -0.760. The molecular weight excluding hydrogens is 254 g/mol. The molecule has 1 amide bonds. The van der Waals surface area contributed by atoms with Crippen molar-refractivity contribution in [2.75, 3.05) is 39.5 Å². The van der Waals surface area contributed by atoms with Crippen LogP contribution in [0.3, 0.4) is 0 Å². The van der Waals surface area contributed by atoms with Crippen molar-refractivity contribution < 1.29 is 14.3 Å². The van der Waals surface area contributed by atoms with Gasteiger partial charge in [-0.3, -0.25) is 10.2 Å². The number of rotatable bonds is 3. The Bertz CT molecular complexity index is 325. The van der Waals surface area contributed by atoms with E-state index in [0.29, 0.717) is 52.4 Å². The van der Waals surface area contributed by atoms with Crippen molar-refractivity contribution in [1.82, 2.24) is 10.4 Å². The zero-order valence-electron chi connectivity index (χ0n) is 10.3. The number of thiocarbonyl (C=S) groups is 1. The highest BCUT2D eigenvalue weighted by Crippen LogP contribution is 2.31. The Balaban J connectivity index is 2.01. The molecule has 2 heterocycles. The molecule has 2 rings (SSSR count). The lowest BCUT2D eigenvalue weighted by atomic mass is 9.79. The zero-order chi connectivity index (χ0) is 13.0. The summed E-state index contributed by atoms with van der Waals surface area (Å²) in [6.45, 7) is 3.68. The second-order valence-corrected chi connectivity index (χ2v) is 5.04. The van der Waals surface area contributed by atoms with Crippen LogP contribution in [-0.4, -0.2) is 55.4 Å². The number of nitrogens with zero attached hydrogens (tertiary/aromatic N) is 1. The van der Waals surface area contributed by atoms with Gasteiger partial charge in [0.25, 0.3) is 0 Å². The highest BCUT2D eigenvalue weighted by Gasteiger charge is 2.43. The minimum atomic E-state index is -0.758. The molecule has 0 bridgehead atoms. The van der Waals surface area contributed by atoms with Crippen LogP contribution >= 0.6 is 12.2 Å². The lowest BCUT2D eigenvalue weighted by Crippen LogP contribution is -2.57. The molecule has 0 aliphatic carbocycles. The van der Waals surface area contributed by atoms with E-state index in [1.807, 2.05) is 5.01 Å². The van der Waals surface area contributed by atoms with Crippen molar-refractivity contribution in [2.24, 2.45) is 11.1 Å². The standard InChI is InChI=1S/C11H19N3O3S/c12-9(18)11(1-5-16-6-2-11)10(15)13-14-3-7-17-8-4-14/h1-8H2,(H2,12,18)(H,13,15). The van der Waals surface area contributed by atoms with Gasteiger partial charge in [-0.15, -0.1) is 0 Å². The maximum absolute atomic E-state index is 12.4. The fourth-order valence-electron chi connectivity index (χ4n) is 2.23. The molecule has 2 saturated heterocycles. The predicted molar refractivity (Wildman–Crippen MR) is 69.8 cm³/mol.